The summed E-state index contributed by atoms with van der Waals surface area (Å²) < 4.78 is 29.4. The van der Waals surface area contributed by atoms with Crippen LogP contribution in [0.25, 0.3) is 0 Å². The molecule has 2 fully saturated rings. The number of H-pyrrole nitrogens is 1. The number of aromatic amines is 1. The van der Waals surface area contributed by atoms with Crippen LogP contribution in [0.15, 0.2) is 16.9 Å². The lowest BCUT2D eigenvalue weighted by atomic mass is 9.81. The number of pyridine rings is 1. The first-order valence-corrected chi connectivity index (χ1v) is 12.6. The molecular formula is C26H31ClN2O7. The zero-order chi connectivity index (χ0) is 25.4. The molecule has 1 aromatic heterocycles. The Kier molecular flexibility index (Phi) is 6.89. The Morgan fingerprint density at radius 1 is 1.19 bits per heavy atom. The van der Waals surface area contributed by atoms with Crippen LogP contribution in [-0.2, 0) is 16.0 Å². The third kappa shape index (κ3) is 4.67. The minimum absolute atomic E-state index is 0.000286. The first-order valence-electron chi connectivity index (χ1n) is 12.3. The monoisotopic (exact) mass is 518 g/mol. The normalized spacial score (nSPS) is 20.9. The smallest absolute Gasteiger partial charge is 0.256 e. The van der Waals surface area contributed by atoms with Gasteiger partial charge in [-0.15, -0.1) is 0 Å². The van der Waals surface area contributed by atoms with Gasteiger partial charge >= 0.3 is 0 Å². The number of fused-ring (bicyclic) bond motifs is 1. The van der Waals surface area contributed by atoms with Crippen LogP contribution in [0.3, 0.4) is 0 Å². The number of hydrogen-bond donors (Lipinski definition) is 2. The SMILES string of the molecule is COc1cc(C)[nH]c(=O)c1CNC(=O)c1cc(Cl)c2c(c1C)OC(C1CCC3(CC1)OCCO3)CO2. The zero-order valence-corrected chi connectivity index (χ0v) is 21.5. The highest BCUT2D eigenvalue weighted by atomic mass is 35.5. The summed E-state index contributed by atoms with van der Waals surface area (Å²) in [7, 11) is 1.49. The molecule has 3 heterocycles. The third-order valence-corrected chi connectivity index (χ3v) is 7.63. The van der Waals surface area contributed by atoms with Crippen LogP contribution < -0.4 is 25.1 Å². The van der Waals surface area contributed by atoms with Gasteiger partial charge in [0, 0.05) is 29.7 Å². The highest BCUT2D eigenvalue weighted by Gasteiger charge is 2.43. The molecule has 0 radical (unpaired) electrons. The number of nitrogens with one attached hydrogen (secondary N) is 2. The topological polar surface area (TPSA) is 108 Å². The van der Waals surface area contributed by atoms with Gasteiger partial charge in [0.1, 0.15) is 18.5 Å². The van der Waals surface area contributed by atoms with E-state index in [0.717, 1.165) is 25.7 Å². The molecule has 36 heavy (non-hydrogen) atoms. The van der Waals surface area contributed by atoms with Crippen LogP contribution in [-0.4, -0.2) is 49.7 Å². The lowest BCUT2D eigenvalue weighted by molar-refractivity contribution is -0.187. The van der Waals surface area contributed by atoms with E-state index in [0.29, 0.717) is 64.5 Å². The van der Waals surface area contributed by atoms with E-state index >= 15 is 0 Å². The molecule has 1 saturated carbocycles. The maximum Gasteiger partial charge on any atom is 0.256 e. The summed E-state index contributed by atoms with van der Waals surface area (Å²) >= 11 is 6.49. The molecule has 2 aliphatic heterocycles. The van der Waals surface area contributed by atoms with Gasteiger partial charge in [-0.3, -0.25) is 9.59 Å². The highest BCUT2D eigenvalue weighted by Crippen LogP contribution is 2.46. The van der Waals surface area contributed by atoms with Crippen molar-refractivity contribution in [3.8, 4) is 17.2 Å². The molecule has 5 rings (SSSR count). The first kappa shape index (κ1) is 24.9. The maximum absolute atomic E-state index is 13.1. The second-order valence-corrected chi connectivity index (χ2v) is 10.0. The number of benzene rings is 1. The van der Waals surface area contributed by atoms with E-state index in [1.54, 1.807) is 19.1 Å². The van der Waals surface area contributed by atoms with Crippen LogP contribution in [0.1, 0.15) is 52.9 Å². The molecule has 1 unspecified atom stereocenters. The molecule has 1 spiro atoms. The lowest BCUT2D eigenvalue weighted by Gasteiger charge is -2.40. The second-order valence-electron chi connectivity index (χ2n) is 9.61. The number of carbonyl (C=O) groups excluding carboxylic acids is 1. The number of ether oxygens (including phenoxy) is 5. The van der Waals surface area contributed by atoms with Crippen LogP contribution in [0, 0.1) is 19.8 Å². The average molecular weight is 519 g/mol. The van der Waals surface area contributed by atoms with Crippen molar-refractivity contribution in [2.75, 3.05) is 26.9 Å². The van der Waals surface area contributed by atoms with Crippen molar-refractivity contribution >= 4 is 17.5 Å². The van der Waals surface area contributed by atoms with Gasteiger partial charge in [0.25, 0.3) is 11.5 Å². The number of carbonyl (C=O) groups is 1. The van der Waals surface area contributed by atoms with Crippen molar-refractivity contribution in [2.45, 2.75) is 58.0 Å². The fourth-order valence-electron chi connectivity index (χ4n) is 5.33. The zero-order valence-electron chi connectivity index (χ0n) is 20.7. The molecule has 10 heteroatoms. The van der Waals surface area contributed by atoms with Crippen molar-refractivity contribution in [1.82, 2.24) is 10.3 Å². The molecule has 1 saturated heterocycles. The number of aryl methyl sites for hydroxylation is 1. The predicted octanol–water partition coefficient (Wildman–Crippen LogP) is 3.66. The number of rotatable bonds is 5. The third-order valence-electron chi connectivity index (χ3n) is 7.35. The fraction of sp³-hybridized carbons (Fsp3) is 0.538. The summed E-state index contributed by atoms with van der Waals surface area (Å²) in [5.41, 5.74) is 1.70. The predicted molar refractivity (Wildman–Crippen MR) is 132 cm³/mol. The minimum Gasteiger partial charge on any atom is -0.496 e. The molecule has 1 amide bonds. The first-order chi connectivity index (χ1) is 17.3. The lowest BCUT2D eigenvalue weighted by Crippen LogP contribution is -2.43. The standard InChI is InChI=1S/C26H31ClN2O7/c1-14-10-20(32-3)18(25(31)29-14)12-28-24(30)17-11-19(27)23-22(15(17)2)36-21(13-33-23)16-4-6-26(7-5-16)34-8-9-35-26/h10-11,16,21H,4-9,12-13H2,1-3H3,(H,28,30)(H,29,31). The van der Waals surface area contributed by atoms with Gasteiger partial charge < -0.3 is 34.0 Å². The summed E-state index contributed by atoms with van der Waals surface area (Å²) in [5, 5.41) is 3.11. The Hall–Kier alpha value is -2.75. The van der Waals surface area contributed by atoms with Crippen molar-refractivity contribution in [2.24, 2.45) is 5.92 Å². The minimum atomic E-state index is -0.434. The largest absolute Gasteiger partial charge is 0.496 e. The van der Waals surface area contributed by atoms with E-state index in [2.05, 4.69) is 10.3 Å². The Morgan fingerprint density at radius 2 is 1.92 bits per heavy atom. The van der Waals surface area contributed by atoms with Crippen molar-refractivity contribution < 1.29 is 28.5 Å². The average Bonchev–Trinajstić information content (AvgIpc) is 3.33. The molecule has 1 aromatic carbocycles. The van der Waals surface area contributed by atoms with Gasteiger partial charge in [0.15, 0.2) is 17.3 Å². The van der Waals surface area contributed by atoms with Crippen molar-refractivity contribution in [1.29, 1.82) is 0 Å². The van der Waals surface area contributed by atoms with Gasteiger partial charge in [-0.05, 0) is 44.7 Å². The van der Waals surface area contributed by atoms with Gasteiger partial charge in [-0.2, -0.15) is 0 Å². The number of aromatic nitrogens is 1. The molecule has 194 valence electrons. The van der Waals surface area contributed by atoms with E-state index in [1.165, 1.54) is 7.11 Å². The Labute approximate surface area is 214 Å². The quantitative estimate of drug-likeness (QED) is 0.622. The Bertz CT molecular complexity index is 1210. The molecular weight excluding hydrogens is 488 g/mol. The maximum atomic E-state index is 13.1. The molecule has 0 bridgehead atoms. The van der Waals surface area contributed by atoms with Gasteiger partial charge in [-0.25, -0.2) is 0 Å². The summed E-state index contributed by atoms with van der Waals surface area (Å²) in [6.07, 6.45) is 3.31. The molecule has 2 N–H and O–H groups in total. The number of amides is 1. The highest BCUT2D eigenvalue weighted by molar-refractivity contribution is 6.32. The molecule has 2 aromatic rings. The number of methoxy groups -OCH3 is 1. The van der Waals surface area contributed by atoms with E-state index in [9.17, 15) is 9.59 Å². The fourth-order valence-corrected chi connectivity index (χ4v) is 5.58. The van der Waals surface area contributed by atoms with Crippen LogP contribution in [0.4, 0.5) is 0 Å². The Balaban J connectivity index is 1.31. The van der Waals surface area contributed by atoms with Gasteiger partial charge in [0.05, 0.1) is 37.5 Å². The van der Waals surface area contributed by atoms with E-state index in [-0.39, 0.29) is 30.0 Å². The number of halogens is 1. The molecule has 1 atom stereocenters. The molecule has 3 aliphatic rings. The summed E-state index contributed by atoms with van der Waals surface area (Å²) in [6.45, 7) is 5.27. The van der Waals surface area contributed by atoms with Gasteiger partial charge in [-0.1, -0.05) is 11.6 Å². The van der Waals surface area contributed by atoms with Gasteiger partial charge in [0.2, 0.25) is 0 Å². The Morgan fingerprint density at radius 3 is 2.61 bits per heavy atom. The van der Waals surface area contributed by atoms with Crippen molar-refractivity contribution in [3.63, 3.8) is 0 Å². The van der Waals surface area contributed by atoms with Crippen LogP contribution in [0.2, 0.25) is 5.02 Å². The second kappa shape index (κ2) is 9.95. The molecule has 9 nitrogen and oxygen atoms in total. The van der Waals surface area contributed by atoms with E-state index in [1.807, 2.05) is 6.92 Å². The van der Waals surface area contributed by atoms with Crippen molar-refractivity contribution in [3.05, 3.63) is 49.9 Å². The summed E-state index contributed by atoms with van der Waals surface area (Å²) in [6, 6.07) is 3.29. The molecule has 1 aliphatic carbocycles. The number of hydrogen-bond acceptors (Lipinski definition) is 7. The summed E-state index contributed by atoms with van der Waals surface area (Å²) in [5.74, 6) is 0.833. The van der Waals surface area contributed by atoms with Crippen LogP contribution in [0.5, 0.6) is 17.2 Å². The van der Waals surface area contributed by atoms with E-state index in [4.69, 9.17) is 35.3 Å². The van der Waals surface area contributed by atoms with Crippen LogP contribution >= 0.6 is 11.6 Å². The summed E-state index contributed by atoms with van der Waals surface area (Å²) in [4.78, 5) is 28.3. The van der Waals surface area contributed by atoms with E-state index < -0.39 is 5.79 Å².